The third-order valence-electron chi connectivity index (χ3n) is 5.21. The largest absolute Gasteiger partial charge is 0.480 e. The second kappa shape index (κ2) is 16.4. The number of amides is 3. The summed E-state index contributed by atoms with van der Waals surface area (Å²) in [5, 5.41) is 26.4. The summed E-state index contributed by atoms with van der Waals surface area (Å²) in [7, 11) is 0. The monoisotopic (exact) mass is 543 g/mol. The van der Waals surface area contributed by atoms with Crippen molar-refractivity contribution in [3.8, 4) is 0 Å². The van der Waals surface area contributed by atoms with Gasteiger partial charge < -0.3 is 48.3 Å². The molecule has 0 aromatic carbocycles. The number of hydrogen-bond acceptors (Lipinski definition) is 9. The number of carboxylic acids is 1. The van der Waals surface area contributed by atoms with Gasteiger partial charge in [-0.3, -0.25) is 19.4 Å². The number of aromatic nitrogens is 2. The van der Waals surface area contributed by atoms with Gasteiger partial charge in [0.05, 0.1) is 18.5 Å². The lowest BCUT2D eigenvalue weighted by molar-refractivity contribution is -0.145. The minimum Gasteiger partial charge on any atom is -0.480 e. The van der Waals surface area contributed by atoms with Crippen LogP contribution in [0.4, 0.5) is 0 Å². The van der Waals surface area contributed by atoms with Gasteiger partial charge in [-0.15, -0.1) is 0 Å². The first-order chi connectivity index (χ1) is 17.5. The molecular formula is C21H37N9O6S. The molecular weight excluding hydrogens is 506 g/mol. The van der Waals surface area contributed by atoms with E-state index >= 15 is 0 Å². The van der Waals surface area contributed by atoms with Gasteiger partial charge in [0.15, 0.2) is 12.0 Å². The lowest BCUT2D eigenvalue weighted by Gasteiger charge is -2.25. The van der Waals surface area contributed by atoms with Crippen molar-refractivity contribution in [3.05, 3.63) is 18.2 Å². The normalized spacial score (nSPS) is 14.9. The number of H-pyrrole nitrogens is 1. The molecule has 0 saturated heterocycles. The van der Waals surface area contributed by atoms with Gasteiger partial charge in [0.25, 0.3) is 0 Å². The lowest BCUT2D eigenvalue weighted by Crippen LogP contribution is -2.58. The van der Waals surface area contributed by atoms with Crippen molar-refractivity contribution in [1.29, 1.82) is 0 Å². The number of nitrogens with two attached hydrogens (primary N) is 3. The van der Waals surface area contributed by atoms with Crippen LogP contribution in [0.3, 0.4) is 0 Å². The zero-order valence-electron chi connectivity index (χ0n) is 20.8. The van der Waals surface area contributed by atoms with E-state index in [-0.39, 0.29) is 25.2 Å². The van der Waals surface area contributed by atoms with Crippen LogP contribution in [0.5, 0.6) is 0 Å². The van der Waals surface area contributed by atoms with Crippen molar-refractivity contribution in [3.63, 3.8) is 0 Å². The number of nitrogens with one attached hydrogen (secondary N) is 4. The van der Waals surface area contributed by atoms with Crippen LogP contribution < -0.4 is 33.2 Å². The van der Waals surface area contributed by atoms with Gasteiger partial charge in [-0.1, -0.05) is 0 Å². The van der Waals surface area contributed by atoms with Gasteiger partial charge in [0.2, 0.25) is 17.7 Å². The highest BCUT2D eigenvalue weighted by atomic mass is 32.2. The number of aliphatic hydroxyl groups excluding tert-OH is 1. The van der Waals surface area contributed by atoms with E-state index in [2.05, 4.69) is 30.9 Å². The minimum absolute atomic E-state index is 0.0444. The summed E-state index contributed by atoms with van der Waals surface area (Å²) in [6.45, 7) is 1.52. The lowest BCUT2D eigenvalue weighted by atomic mass is 10.1. The molecule has 5 unspecified atom stereocenters. The van der Waals surface area contributed by atoms with E-state index in [0.29, 0.717) is 24.4 Å². The van der Waals surface area contributed by atoms with E-state index in [0.717, 1.165) is 0 Å². The smallest absolute Gasteiger partial charge is 0.328 e. The Morgan fingerprint density at radius 1 is 1.11 bits per heavy atom. The van der Waals surface area contributed by atoms with E-state index in [1.165, 1.54) is 31.2 Å². The SMILES string of the molecule is CSCCC(NC(=O)C(N)CCCN=C(N)N)C(=O)NC(Cc1cnc[nH]1)C(=O)NC(C(=O)O)C(C)O. The van der Waals surface area contributed by atoms with Gasteiger partial charge in [-0.2, -0.15) is 11.8 Å². The highest BCUT2D eigenvalue weighted by Crippen LogP contribution is 2.06. The number of aliphatic imine (C=N–C) groups is 1. The Morgan fingerprint density at radius 3 is 2.30 bits per heavy atom. The van der Waals surface area contributed by atoms with Crippen LogP contribution in [0.1, 0.15) is 31.9 Å². The summed E-state index contributed by atoms with van der Waals surface area (Å²) in [5.41, 5.74) is 17.0. The van der Waals surface area contributed by atoms with E-state index in [4.69, 9.17) is 17.2 Å². The summed E-state index contributed by atoms with van der Waals surface area (Å²) < 4.78 is 0. The number of carbonyl (C=O) groups is 4. The Bertz CT molecular complexity index is 908. The molecule has 0 aliphatic heterocycles. The number of aromatic amines is 1. The van der Waals surface area contributed by atoms with Crippen LogP contribution in [-0.2, 0) is 25.6 Å². The number of rotatable bonds is 17. The average molecular weight is 544 g/mol. The van der Waals surface area contributed by atoms with Crippen LogP contribution in [0.15, 0.2) is 17.5 Å². The topological polar surface area (TPSA) is 264 Å². The van der Waals surface area contributed by atoms with Crippen LogP contribution >= 0.6 is 11.8 Å². The molecule has 1 aromatic rings. The number of aliphatic carboxylic acids is 1. The average Bonchev–Trinajstić information content (AvgIpc) is 3.34. The maximum atomic E-state index is 13.1. The fraction of sp³-hybridized carbons (Fsp3) is 0.619. The predicted octanol–water partition coefficient (Wildman–Crippen LogP) is -2.99. The van der Waals surface area contributed by atoms with Gasteiger partial charge >= 0.3 is 5.97 Å². The number of carboxylic acid groups (broad SMARTS) is 1. The molecule has 37 heavy (non-hydrogen) atoms. The molecule has 3 amide bonds. The third kappa shape index (κ3) is 11.9. The van der Waals surface area contributed by atoms with Crippen molar-refractivity contribution < 1.29 is 29.4 Å². The quantitative estimate of drug-likeness (QED) is 0.0543. The van der Waals surface area contributed by atoms with E-state index in [9.17, 15) is 29.4 Å². The summed E-state index contributed by atoms with van der Waals surface area (Å²) in [5.74, 6) is -3.02. The number of nitrogens with zero attached hydrogens (tertiary/aromatic N) is 2. The second-order valence-electron chi connectivity index (χ2n) is 8.31. The molecule has 1 aromatic heterocycles. The zero-order valence-corrected chi connectivity index (χ0v) is 21.7. The van der Waals surface area contributed by atoms with E-state index < -0.39 is 54.0 Å². The first-order valence-electron chi connectivity index (χ1n) is 11.5. The summed E-state index contributed by atoms with van der Waals surface area (Å²) in [6, 6.07) is -4.73. The predicted molar refractivity (Wildman–Crippen MR) is 138 cm³/mol. The molecule has 0 fully saturated rings. The number of imidazole rings is 1. The molecule has 15 nitrogen and oxygen atoms in total. The standard InChI is InChI=1S/C21H37N9O6S/c1-11(31)16(20(35)36)30-19(34)15(8-12-9-25-10-27-12)29-18(33)14(5-7-37-2)28-17(32)13(22)4-3-6-26-21(23)24/h9-11,13-16,31H,3-8,22H2,1-2H3,(H,25,27)(H,28,32)(H,29,33)(H,30,34)(H,35,36)(H4,23,24,26). The highest BCUT2D eigenvalue weighted by molar-refractivity contribution is 7.98. The number of hydrogen-bond donors (Lipinski definition) is 9. The molecule has 5 atom stereocenters. The van der Waals surface area contributed by atoms with Crippen LogP contribution in [0, 0.1) is 0 Å². The first-order valence-corrected chi connectivity index (χ1v) is 12.9. The highest BCUT2D eigenvalue weighted by Gasteiger charge is 2.32. The van der Waals surface area contributed by atoms with Gasteiger partial charge in [-0.05, 0) is 38.2 Å². The molecule has 0 radical (unpaired) electrons. The number of guanidine groups is 1. The van der Waals surface area contributed by atoms with E-state index in [1.54, 1.807) is 0 Å². The number of carbonyl (C=O) groups excluding carboxylic acids is 3. The molecule has 1 rings (SSSR count). The van der Waals surface area contributed by atoms with Gasteiger partial charge in [0.1, 0.15) is 12.1 Å². The minimum atomic E-state index is -1.59. The Hall–Kier alpha value is -3.37. The Kier molecular flexibility index (Phi) is 14.0. The molecule has 0 aliphatic carbocycles. The number of aliphatic hydroxyl groups is 1. The van der Waals surface area contributed by atoms with Crippen LogP contribution in [0.25, 0.3) is 0 Å². The molecule has 0 saturated carbocycles. The molecule has 0 bridgehead atoms. The molecule has 0 aliphatic rings. The summed E-state index contributed by atoms with van der Waals surface area (Å²) >= 11 is 1.46. The van der Waals surface area contributed by atoms with Crippen LogP contribution in [-0.4, -0.2) is 98.7 Å². The Balaban J connectivity index is 2.96. The Labute approximate surface area is 218 Å². The second-order valence-corrected chi connectivity index (χ2v) is 9.29. The van der Waals surface area contributed by atoms with Crippen molar-refractivity contribution >= 4 is 41.4 Å². The molecule has 16 heteroatoms. The maximum Gasteiger partial charge on any atom is 0.328 e. The van der Waals surface area contributed by atoms with Crippen molar-refractivity contribution in [2.75, 3.05) is 18.6 Å². The van der Waals surface area contributed by atoms with Gasteiger partial charge in [0, 0.05) is 24.9 Å². The maximum absolute atomic E-state index is 13.1. The third-order valence-corrected chi connectivity index (χ3v) is 5.85. The van der Waals surface area contributed by atoms with Crippen molar-refractivity contribution in [2.24, 2.45) is 22.2 Å². The van der Waals surface area contributed by atoms with Crippen molar-refractivity contribution in [1.82, 2.24) is 25.9 Å². The summed E-state index contributed by atoms with van der Waals surface area (Å²) in [4.78, 5) is 60.6. The zero-order chi connectivity index (χ0) is 28.0. The van der Waals surface area contributed by atoms with Crippen LogP contribution in [0.2, 0.25) is 0 Å². The number of thioether (sulfide) groups is 1. The fourth-order valence-electron chi connectivity index (χ4n) is 3.17. The first kappa shape index (κ1) is 31.7. The summed E-state index contributed by atoms with van der Waals surface area (Å²) in [6.07, 6.45) is 4.23. The van der Waals surface area contributed by atoms with E-state index in [1.807, 2.05) is 6.26 Å². The molecule has 12 N–H and O–H groups in total. The molecule has 0 spiro atoms. The van der Waals surface area contributed by atoms with Gasteiger partial charge in [-0.25, -0.2) is 9.78 Å². The molecule has 1 heterocycles. The Morgan fingerprint density at radius 2 is 1.76 bits per heavy atom. The molecule has 208 valence electrons. The fourth-order valence-corrected chi connectivity index (χ4v) is 3.65. The van der Waals surface area contributed by atoms with Crippen molar-refractivity contribution in [2.45, 2.75) is 62.9 Å².